The quantitative estimate of drug-likeness (QED) is 0.588. The van der Waals surface area contributed by atoms with E-state index in [0.717, 1.165) is 42.3 Å². The summed E-state index contributed by atoms with van der Waals surface area (Å²) in [5.74, 6) is 0. The van der Waals surface area contributed by atoms with Gasteiger partial charge in [0.1, 0.15) is 0 Å². The molecule has 0 atom stereocenters. The summed E-state index contributed by atoms with van der Waals surface area (Å²) >= 11 is 0. The van der Waals surface area contributed by atoms with Crippen LogP contribution in [0.4, 0.5) is 0 Å². The standard InChI is InChI=1S/C20H26N2O3/c1-2-10-22-11-8-20(23)18-16-17(6-7-19(18)22)5-3-12-24-14-15-25-13-4-9-21/h6-8,11,16H,2-5,10,12-15H2,1H3. The molecule has 0 aliphatic carbocycles. The molecule has 0 fully saturated rings. The number of hydrogen-bond donors (Lipinski definition) is 0. The number of rotatable bonds is 11. The Morgan fingerprint density at radius 1 is 1.12 bits per heavy atom. The molecule has 0 radical (unpaired) electrons. The van der Waals surface area contributed by atoms with Crippen LogP contribution in [-0.2, 0) is 22.4 Å². The van der Waals surface area contributed by atoms with Gasteiger partial charge < -0.3 is 14.0 Å². The van der Waals surface area contributed by atoms with Gasteiger partial charge in [-0.1, -0.05) is 13.0 Å². The van der Waals surface area contributed by atoms with Crippen molar-refractivity contribution >= 4 is 10.9 Å². The van der Waals surface area contributed by atoms with Crippen molar-refractivity contribution in [2.45, 2.75) is 39.2 Å². The van der Waals surface area contributed by atoms with Crippen LogP contribution in [0.5, 0.6) is 0 Å². The third kappa shape index (κ3) is 6.00. The van der Waals surface area contributed by atoms with Gasteiger partial charge >= 0.3 is 0 Å². The van der Waals surface area contributed by atoms with Crippen LogP contribution in [0.1, 0.15) is 31.7 Å². The predicted molar refractivity (Wildman–Crippen MR) is 98.7 cm³/mol. The number of aryl methyl sites for hydroxylation is 2. The fourth-order valence-corrected chi connectivity index (χ4v) is 2.77. The lowest BCUT2D eigenvalue weighted by molar-refractivity contribution is 0.0490. The monoisotopic (exact) mass is 342 g/mol. The lowest BCUT2D eigenvalue weighted by atomic mass is 10.1. The Morgan fingerprint density at radius 2 is 1.92 bits per heavy atom. The van der Waals surface area contributed by atoms with E-state index in [2.05, 4.69) is 17.6 Å². The van der Waals surface area contributed by atoms with E-state index in [4.69, 9.17) is 14.7 Å². The van der Waals surface area contributed by atoms with Gasteiger partial charge in [0.2, 0.25) is 0 Å². The van der Waals surface area contributed by atoms with Crippen molar-refractivity contribution in [3.63, 3.8) is 0 Å². The van der Waals surface area contributed by atoms with Gasteiger partial charge in [-0.3, -0.25) is 4.79 Å². The van der Waals surface area contributed by atoms with Crippen molar-refractivity contribution < 1.29 is 9.47 Å². The van der Waals surface area contributed by atoms with E-state index in [-0.39, 0.29) is 5.43 Å². The second kappa shape index (κ2) is 10.7. The molecule has 134 valence electrons. The van der Waals surface area contributed by atoms with E-state index >= 15 is 0 Å². The molecule has 1 aromatic carbocycles. The summed E-state index contributed by atoms with van der Waals surface area (Å²) < 4.78 is 12.9. The van der Waals surface area contributed by atoms with E-state index < -0.39 is 0 Å². The number of benzene rings is 1. The van der Waals surface area contributed by atoms with Gasteiger partial charge in [-0.15, -0.1) is 0 Å². The molecule has 0 N–H and O–H groups in total. The topological polar surface area (TPSA) is 64.2 Å². The molecule has 0 unspecified atom stereocenters. The first-order valence-electron chi connectivity index (χ1n) is 8.90. The van der Waals surface area contributed by atoms with Gasteiger partial charge in [-0.25, -0.2) is 0 Å². The second-order valence-electron chi connectivity index (χ2n) is 5.96. The van der Waals surface area contributed by atoms with E-state index in [1.54, 1.807) is 6.07 Å². The molecule has 0 amide bonds. The first kappa shape index (κ1) is 19.2. The lowest BCUT2D eigenvalue weighted by Gasteiger charge is -2.11. The fraction of sp³-hybridized carbons (Fsp3) is 0.500. The van der Waals surface area contributed by atoms with Crippen LogP contribution >= 0.6 is 0 Å². The van der Waals surface area contributed by atoms with Gasteiger partial charge in [0.15, 0.2) is 5.43 Å². The Bertz CT molecular complexity index is 762. The second-order valence-corrected chi connectivity index (χ2v) is 5.96. The highest BCUT2D eigenvalue weighted by Crippen LogP contribution is 2.14. The zero-order valence-corrected chi connectivity index (χ0v) is 14.9. The Balaban J connectivity index is 1.81. The van der Waals surface area contributed by atoms with Gasteiger partial charge in [0.25, 0.3) is 0 Å². The van der Waals surface area contributed by atoms with Crippen LogP contribution < -0.4 is 5.43 Å². The summed E-state index contributed by atoms with van der Waals surface area (Å²) in [6, 6.07) is 9.84. The largest absolute Gasteiger partial charge is 0.379 e. The molecule has 25 heavy (non-hydrogen) atoms. The first-order valence-corrected chi connectivity index (χ1v) is 8.90. The maximum absolute atomic E-state index is 12.1. The van der Waals surface area contributed by atoms with E-state index in [0.29, 0.717) is 32.8 Å². The average Bonchev–Trinajstić information content (AvgIpc) is 2.63. The van der Waals surface area contributed by atoms with Crippen LogP contribution in [-0.4, -0.2) is 31.0 Å². The average molecular weight is 342 g/mol. The Labute approximate surface area is 148 Å². The van der Waals surface area contributed by atoms with Crippen LogP contribution in [0.15, 0.2) is 35.3 Å². The minimum Gasteiger partial charge on any atom is -0.379 e. The number of fused-ring (bicyclic) bond motifs is 1. The number of nitrogens with zero attached hydrogens (tertiary/aromatic N) is 2. The lowest BCUT2D eigenvalue weighted by Crippen LogP contribution is -2.09. The first-order chi connectivity index (χ1) is 12.3. The minimum absolute atomic E-state index is 0.0787. The third-order valence-corrected chi connectivity index (χ3v) is 3.99. The molecule has 1 aromatic heterocycles. The summed E-state index contributed by atoms with van der Waals surface area (Å²) in [5.41, 5.74) is 2.24. The number of nitriles is 1. The Hall–Kier alpha value is -2.16. The number of hydrogen-bond acceptors (Lipinski definition) is 4. The smallest absolute Gasteiger partial charge is 0.189 e. The summed E-state index contributed by atoms with van der Waals surface area (Å²) in [4.78, 5) is 12.1. The molecule has 2 rings (SSSR count). The van der Waals surface area contributed by atoms with E-state index in [9.17, 15) is 4.79 Å². The van der Waals surface area contributed by atoms with Gasteiger partial charge in [0, 0.05) is 30.8 Å². The zero-order valence-electron chi connectivity index (χ0n) is 14.9. The molecule has 1 heterocycles. The summed E-state index contributed by atoms with van der Waals surface area (Å²) in [5, 5.41) is 9.18. The zero-order chi connectivity index (χ0) is 17.9. The molecule has 0 saturated heterocycles. The van der Waals surface area contributed by atoms with Gasteiger partial charge in [-0.2, -0.15) is 5.26 Å². The summed E-state index contributed by atoms with van der Waals surface area (Å²) in [6.45, 7) is 5.24. The molecule has 5 nitrogen and oxygen atoms in total. The van der Waals surface area contributed by atoms with E-state index in [1.807, 2.05) is 24.4 Å². The molecule has 2 aromatic rings. The third-order valence-electron chi connectivity index (χ3n) is 3.99. The van der Waals surface area contributed by atoms with Crippen LogP contribution in [0.2, 0.25) is 0 Å². The normalized spacial score (nSPS) is 10.9. The SMILES string of the molecule is CCCn1ccc(=O)c2cc(CCCOCCOCCC#N)ccc21. The molecule has 0 aliphatic heterocycles. The maximum atomic E-state index is 12.1. The van der Waals surface area contributed by atoms with Crippen molar-refractivity contribution in [1.82, 2.24) is 4.57 Å². The van der Waals surface area contributed by atoms with E-state index in [1.165, 1.54) is 0 Å². The molecule has 0 aliphatic rings. The highest BCUT2D eigenvalue weighted by molar-refractivity contribution is 5.79. The van der Waals surface area contributed by atoms with Gasteiger partial charge in [-0.05, 0) is 37.0 Å². The number of aromatic nitrogens is 1. The summed E-state index contributed by atoms with van der Waals surface area (Å²) in [6.07, 6.45) is 5.12. The molecule has 5 heteroatoms. The molecule has 0 spiro atoms. The molecular weight excluding hydrogens is 316 g/mol. The maximum Gasteiger partial charge on any atom is 0.189 e. The number of pyridine rings is 1. The van der Waals surface area contributed by atoms with Crippen molar-refractivity contribution in [2.75, 3.05) is 26.4 Å². The van der Waals surface area contributed by atoms with Crippen molar-refractivity contribution in [3.8, 4) is 6.07 Å². The predicted octanol–water partition coefficient (Wildman–Crippen LogP) is 3.29. The van der Waals surface area contributed by atoms with Crippen molar-refractivity contribution in [3.05, 3.63) is 46.2 Å². The van der Waals surface area contributed by atoms with Crippen LogP contribution in [0, 0.1) is 11.3 Å². The van der Waals surface area contributed by atoms with Crippen LogP contribution in [0.3, 0.4) is 0 Å². The highest BCUT2D eigenvalue weighted by Gasteiger charge is 2.04. The highest BCUT2D eigenvalue weighted by atomic mass is 16.5. The van der Waals surface area contributed by atoms with Gasteiger partial charge in [0.05, 0.1) is 37.8 Å². The Kier molecular flexibility index (Phi) is 8.17. The molecular formula is C20H26N2O3. The Morgan fingerprint density at radius 3 is 2.68 bits per heavy atom. The molecule has 0 saturated carbocycles. The van der Waals surface area contributed by atoms with Crippen LogP contribution in [0.25, 0.3) is 10.9 Å². The van der Waals surface area contributed by atoms with Crippen molar-refractivity contribution in [1.29, 1.82) is 5.26 Å². The molecule has 0 bridgehead atoms. The van der Waals surface area contributed by atoms with Crippen molar-refractivity contribution in [2.24, 2.45) is 0 Å². The summed E-state index contributed by atoms with van der Waals surface area (Å²) in [7, 11) is 0. The minimum atomic E-state index is 0.0787. The number of ether oxygens (including phenoxy) is 2. The fourth-order valence-electron chi connectivity index (χ4n) is 2.77.